The van der Waals surface area contributed by atoms with Crippen LogP contribution in [0.4, 0.5) is 13.2 Å². The highest BCUT2D eigenvalue weighted by Crippen LogP contribution is 2.32. The summed E-state index contributed by atoms with van der Waals surface area (Å²) in [5, 5.41) is 0.972. The van der Waals surface area contributed by atoms with Crippen LogP contribution >= 0.6 is 27.7 Å². The zero-order chi connectivity index (χ0) is 15.0. The van der Waals surface area contributed by atoms with Gasteiger partial charge in [-0.1, -0.05) is 0 Å². The molecule has 0 aliphatic heterocycles. The van der Waals surface area contributed by atoms with Crippen LogP contribution in [0.5, 0.6) is 0 Å². The van der Waals surface area contributed by atoms with Crippen molar-refractivity contribution in [3.63, 3.8) is 0 Å². The Balaban J connectivity index is 1.93. The standard InChI is InChI=1S/C12H6BrF3N4S/c13-8-6-20-4-3-17-10(20)11(19-8)21-9-2-1-7(5-18-9)12(14,15)16/h1-6H. The Morgan fingerprint density at radius 1 is 1.19 bits per heavy atom. The second-order valence-corrected chi connectivity index (χ2v) is 5.83. The molecule has 3 heterocycles. The third-order valence-electron chi connectivity index (χ3n) is 2.58. The van der Waals surface area contributed by atoms with Crippen LogP contribution in [0.15, 0.2) is 51.6 Å². The molecule has 9 heteroatoms. The Morgan fingerprint density at radius 2 is 2.00 bits per heavy atom. The van der Waals surface area contributed by atoms with Gasteiger partial charge in [-0.25, -0.2) is 15.0 Å². The number of alkyl halides is 3. The first-order valence-corrected chi connectivity index (χ1v) is 7.25. The molecule has 0 atom stereocenters. The largest absolute Gasteiger partial charge is 0.417 e. The summed E-state index contributed by atoms with van der Waals surface area (Å²) in [6, 6.07) is 2.31. The van der Waals surface area contributed by atoms with E-state index in [4.69, 9.17) is 0 Å². The number of imidazole rings is 1. The molecule has 3 aromatic rings. The molecule has 0 aliphatic rings. The zero-order valence-corrected chi connectivity index (χ0v) is 12.6. The van der Waals surface area contributed by atoms with Crippen LogP contribution in [-0.2, 0) is 6.18 Å². The molecular weight excluding hydrogens is 369 g/mol. The van der Waals surface area contributed by atoms with Crippen molar-refractivity contribution < 1.29 is 13.2 Å². The predicted octanol–water partition coefficient (Wildman–Crippen LogP) is 4.06. The lowest BCUT2D eigenvalue weighted by Gasteiger charge is -2.07. The van der Waals surface area contributed by atoms with Gasteiger partial charge in [0.05, 0.1) is 5.56 Å². The molecule has 0 bridgehead atoms. The Kier molecular flexibility index (Phi) is 3.62. The summed E-state index contributed by atoms with van der Waals surface area (Å²) in [6.07, 6.45) is 1.54. The number of hydrogen-bond donors (Lipinski definition) is 0. The average molecular weight is 375 g/mol. The molecule has 0 fully saturated rings. The quantitative estimate of drug-likeness (QED) is 0.678. The Morgan fingerprint density at radius 3 is 2.67 bits per heavy atom. The predicted molar refractivity (Wildman–Crippen MR) is 74.0 cm³/mol. The van der Waals surface area contributed by atoms with Gasteiger partial charge in [0.1, 0.15) is 14.7 Å². The van der Waals surface area contributed by atoms with Crippen LogP contribution in [0.2, 0.25) is 0 Å². The maximum Gasteiger partial charge on any atom is 0.417 e. The number of pyridine rings is 1. The average Bonchev–Trinajstić information content (AvgIpc) is 2.86. The van der Waals surface area contributed by atoms with Crippen molar-refractivity contribution in [1.29, 1.82) is 0 Å². The maximum absolute atomic E-state index is 12.5. The summed E-state index contributed by atoms with van der Waals surface area (Å²) in [7, 11) is 0. The molecule has 0 aromatic carbocycles. The maximum atomic E-state index is 12.5. The summed E-state index contributed by atoms with van der Waals surface area (Å²) < 4.78 is 39.8. The molecule has 0 saturated heterocycles. The van der Waals surface area contributed by atoms with Crippen molar-refractivity contribution in [3.05, 3.63) is 47.1 Å². The zero-order valence-electron chi connectivity index (χ0n) is 10.2. The summed E-state index contributed by atoms with van der Waals surface area (Å²) in [5.41, 5.74) is -0.162. The van der Waals surface area contributed by atoms with Gasteiger partial charge < -0.3 is 4.40 Å². The smallest absolute Gasteiger partial charge is 0.302 e. The molecule has 0 aliphatic carbocycles. The van der Waals surface area contributed by atoms with Crippen LogP contribution in [0.1, 0.15) is 5.56 Å². The topological polar surface area (TPSA) is 43.1 Å². The van der Waals surface area contributed by atoms with E-state index in [2.05, 4.69) is 30.9 Å². The summed E-state index contributed by atoms with van der Waals surface area (Å²) >= 11 is 4.43. The van der Waals surface area contributed by atoms with E-state index < -0.39 is 11.7 Å². The number of fused-ring (bicyclic) bond motifs is 1. The first kappa shape index (κ1) is 14.3. The van der Waals surface area contributed by atoms with Crippen LogP contribution in [0.3, 0.4) is 0 Å². The molecule has 108 valence electrons. The number of aromatic nitrogens is 4. The molecule has 3 aromatic heterocycles. The van der Waals surface area contributed by atoms with E-state index in [1.807, 2.05) is 0 Å². The fourth-order valence-electron chi connectivity index (χ4n) is 1.65. The van der Waals surface area contributed by atoms with Gasteiger partial charge in [-0.05, 0) is 39.8 Å². The lowest BCUT2D eigenvalue weighted by molar-refractivity contribution is -0.137. The fraction of sp³-hybridized carbons (Fsp3) is 0.0833. The van der Waals surface area contributed by atoms with Crippen molar-refractivity contribution in [3.8, 4) is 0 Å². The second-order valence-electron chi connectivity index (χ2n) is 4.01. The van der Waals surface area contributed by atoms with Crippen molar-refractivity contribution in [1.82, 2.24) is 19.4 Å². The first-order valence-electron chi connectivity index (χ1n) is 5.64. The van der Waals surface area contributed by atoms with E-state index in [-0.39, 0.29) is 0 Å². The minimum Gasteiger partial charge on any atom is -0.302 e. The number of hydrogen-bond acceptors (Lipinski definition) is 4. The Hall–Kier alpha value is -1.61. The fourth-order valence-corrected chi connectivity index (χ4v) is 3.00. The van der Waals surface area contributed by atoms with E-state index >= 15 is 0 Å². The molecule has 0 amide bonds. The Bertz CT molecular complexity index is 785. The molecule has 21 heavy (non-hydrogen) atoms. The number of halogens is 4. The van der Waals surface area contributed by atoms with Crippen molar-refractivity contribution in [2.45, 2.75) is 16.2 Å². The summed E-state index contributed by atoms with van der Waals surface area (Å²) in [5.74, 6) is 0. The lowest BCUT2D eigenvalue weighted by atomic mass is 10.3. The number of nitrogens with zero attached hydrogens (tertiary/aromatic N) is 4. The highest BCUT2D eigenvalue weighted by Gasteiger charge is 2.30. The van der Waals surface area contributed by atoms with Crippen LogP contribution in [-0.4, -0.2) is 19.4 Å². The minimum absolute atomic E-state index is 0.415. The van der Waals surface area contributed by atoms with Gasteiger partial charge in [0.25, 0.3) is 0 Å². The molecule has 4 nitrogen and oxygen atoms in total. The summed E-state index contributed by atoms with van der Waals surface area (Å²) in [6.45, 7) is 0. The molecule has 0 radical (unpaired) electrons. The van der Waals surface area contributed by atoms with Crippen molar-refractivity contribution in [2.24, 2.45) is 0 Å². The van der Waals surface area contributed by atoms with E-state index in [0.29, 0.717) is 20.3 Å². The molecular formula is C12H6BrF3N4S. The molecule has 0 unspecified atom stereocenters. The molecule has 0 spiro atoms. The molecule has 0 saturated carbocycles. The molecule has 0 N–H and O–H groups in total. The monoisotopic (exact) mass is 374 g/mol. The van der Waals surface area contributed by atoms with Crippen LogP contribution in [0, 0.1) is 0 Å². The lowest BCUT2D eigenvalue weighted by Crippen LogP contribution is -2.05. The van der Waals surface area contributed by atoms with Gasteiger partial charge in [0, 0.05) is 24.8 Å². The number of rotatable bonds is 2. The summed E-state index contributed by atoms with van der Waals surface area (Å²) in [4.78, 5) is 12.2. The normalized spacial score (nSPS) is 12.0. The van der Waals surface area contributed by atoms with E-state index in [1.165, 1.54) is 6.07 Å². The van der Waals surface area contributed by atoms with E-state index in [0.717, 1.165) is 24.0 Å². The van der Waals surface area contributed by atoms with Gasteiger partial charge in [-0.15, -0.1) is 0 Å². The minimum atomic E-state index is -4.39. The first-order chi connectivity index (χ1) is 9.93. The van der Waals surface area contributed by atoms with E-state index in [9.17, 15) is 13.2 Å². The molecule has 3 rings (SSSR count). The van der Waals surface area contributed by atoms with Gasteiger partial charge in [0.2, 0.25) is 0 Å². The van der Waals surface area contributed by atoms with Crippen molar-refractivity contribution in [2.75, 3.05) is 0 Å². The Labute approximate surface area is 129 Å². The van der Waals surface area contributed by atoms with Gasteiger partial charge >= 0.3 is 6.18 Å². The third kappa shape index (κ3) is 3.03. The van der Waals surface area contributed by atoms with Crippen LogP contribution < -0.4 is 0 Å². The van der Waals surface area contributed by atoms with Crippen molar-refractivity contribution >= 4 is 33.3 Å². The second kappa shape index (κ2) is 5.30. The van der Waals surface area contributed by atoms with Crippen LogP contribution in [0.25, 0.3) is 5.65 Å². The third-order valence-corrected chi connectivity index (χ3v) is 3.88. The van der Waals surface area contributed by atoms with E-state index in [1.54, 1.807) is 23.0 Å². The SMILES string of the molecule is FC(F)(F)c1ccc(Sc2nc(Br)cn3ccnc23)nc1. The highest BCUT2D eigenvalue weighted by molar-refractivity contribution is 9.10. The van der Waals surface area contributed by atoms with Gasteiger partial charge in [-0.2, -0.15) is 13.2 Å². The van der Waals surface area contributed by atoms with Gasteiger partial charge in [-0.3, -0.25) is 0 Å². The van der Waals surface area contributed by atoms with Gasteiger partial charge in [0.15, 0.2) is 5.65 Å². The highest BCUT2D eigenvalue weighted by atomic mass is 79.9.